The van der Waals surface area contributed by atoms with E-state index in [1.807, 2.05) is 0 Å². The minimum absolute atomic E-state index is 0.166. The average Bonchev–Trinajstić information content (AvgIpc) is 3.15. The Morgan fingerprint density at radius 2 is 1.61 bits per heavy atom. The molecule has 0 saturated heterocycles. The lowest BCUT2D eigenvalue weighted by Gasteiger charge is -2.61. The fraction of sp³-hybridized carbons (Fsp3) is 1.00. The first kappa shape index (κ1) is 26.0. The third-order valence-electron chi connectivity index (χ3n) is 12.3. The minimum atomic E-state index is 0.166. The summed E-state index contributed by atoms with van der Waals surface area (Å²) in [7, 11) is 0. The molecule has 4 rings (SSSR count). The van der Waals surface area contributed by atoms with Gasteiger partial charge in [0.05, 0.1) is 19.3 Å². The van der Waals surface area contributed by atoms with Crippen LogP contribution in [0.3, 0.4) is 0 Å². The largest absolute Gasteiger partial charge is 0.394 e. The molecule has 0 aromatic carbocycles. The first-order chi connectivity index (χ1) is 15.7. The van der Waals surface area contributed by atoms with Crippen LogP contribution in [0.25, 0.3) is 0 Å². The Labute approximate surface area is 206 Å². The van der Waals surface area contributed by atoms with Gasteiger partial charge in [-0.1, -0.05) is 54.4 Å². The first-order valence-electron chi connectivity index (χ1n) is 15.0. The molecule has 4 fully saturated rings. The van der Waals surface area contributed by atoms with Crippen LogP contribution in [0, 0.1) is 58.2 Å². The van der Waals surface area contributed by atoms with Crippen LogP contribution in [0.15, 0.2) is 0 Å². The van der Waals surface area contributed by atoms with Crippen LogP contribution >= 0.6 is 0 Å². The van der Waals surface area contributed by atoms with Crippen molar-refractivity contribution in [3.8, 4) is 0 Å². The standard InChI is InChI=1S/C31H56O2/c1-7-23(21(2)3)9-8-22(4)27-12-13-28-26-11-10-24-20-25(33-19-18-32)14-16-30(24,5)29(26)15-17-31(27,28)6/h21-29,32H,7-20H2,1-6H3/t22-,23-,24+,25+,26+,27-,28+,29+,30+,31-/m1/s1. The van der Waals surface area contributed by atoms with Gasteiger partial charge < -0.3 is 9.84 Å². The summed E-state index contributed by atoms with van der Waals surface area (Å²) in [5.41, 5.74) is 1.14. The van der Waals surface area contributed by atoms with E-state index >= 15 is 0 Å². The summed E-state index contributed by atoms with van der Waals surface area (Å²) in [6.45, 7) is 16.0. The zero-order chi connectivity index (χ0) is 23.8. The topological polar surface area (TPSA) is 29.5 Å². The lowest BCUT2D eigenvalue weighted by molar-refractivity contribution is -0.138. The van der Waals surface area contributed by atoms with Gasteiger partial charge in [-0.25, -0.2) is 0 Å². The molecule has 192 valence electrons. The molecule has 0 unspecified atom stereocenters. The van der Waals surface area contributed by atoms with E-state index in [2.05, 4.69) is 41.5 Å². The third kappa shape index (κ3) is 4.83. The van der Waals surface area contributed by atoms with E-state index < -0.39 is 0 Å². The van der Waals surface area contributed by atoms with Gasteiger partial charge >= 0.3 is 0 Å². The second-order valence-electron chi connectivity index (χ2n) is 13.8. The molecule has 33 heavy (non-hydrogen) atoms. The Morgan fingerprint density at radius 1 is 0.879 bits per heavy atom. The monoisotopic (exact) mass is 460 g/mol. The van der Waals surface area contributed by atoms with Crippen molar-refractivity contribution in [2.45, 2.75) is 125 Å². The van der Waals surface area contributed by atoms with Crippen LogP contribution in [0.4, 0.5) is 0 Å². The summed E-state index contributed by atoms with van der Waals surface area (Å²) in [4.78, 5) is 0. The molecule has 4 aliphatic rings. The van der Waals surface area contributed by atoms with Gasteiger partial charge in [-0.05, 0) is 122 Å². The third-order valence-corrected chi connectivity index (χ3v) is 12.3. The van der Waals surface area contributed by atoms with E-state index in [0.717, 1.165) is 47.3 Å². The predicted molar refractivity (Wildman–Crippen MR) is 139 cm³/mol. The van der Waals surface area contributed by atoms with Crippen LogP contribution in [-0.2, 0) is 4.74 Å². The van der Waals surface area contributed by atoms with E-state index in [-0.39, 0.29) is 6.61 Å². The maximum atomic E-state index is 9.18. The molecule has 2 nitrogen and oxygen atoms in total. The van der Waals surface area contributed by atoms with Crippen LogP contribution < -0.4 is 0 Å². The minimum Gasteiger partial charge on any atom is -0.394 e. The van der Waals surface area contributed by atoms with Crippen LogP contribution in [0.2, 0.25) is 0 Å². The van der Waals surface area contributed by atoms with Crippen LogP contribution in [0.1, 0.15) is 119 Å². The van der Waals surface area contributed by atoms with Crippen molar-refractivity contribution in [3.05, 3.63) is 0 Å². The highest BCUT2D eigenvalue weighted by atomic mass is 16.5. The molecule has 0 aliphatic heterocycles. The van der Waals surface area contributed by atoms with Crippen molar-refractivity contribution in [2.24, 2.45) is 58.2 Å². The van der Waals surface area contributed by atoms with E-state index in [0.29, 0.717) is 23.5 Å². The van der Waals surface area contributed by atoms with Gasteiger partial charge in [0.25, 0.3) is 0 Å². The molecule has 1 N–H and O–H groups in total. The highest BCUT2D eigenvalue weighted by Crippen LogP contribution is 2.68. The van der Waals surface area contributed by atoms with Crippen LogP contribution in [0.5, 0.6) is 0 Å². The molecule has 0 heterocycles. The highest BCUT2D eigenvalue weighted by Gasteiger charge is 2.60. The summed E-state index contributed by atoms with van der Waals surface area (Å²) in [6, 6.07) is 0. The smallest absolute Gasteiger partial charge is 0.0701 e. The number of hydrogen-bond acceptors (Lipinski definition) is 2. The van der Waals surface area contributed by atoms with Gasteiger partial charge in [0.15, 0.2) is 0 Å². The molecule has 4 saturated carbocycles. The highest BCUT2D eigenvalue weighted by molar-refractivity contribution is 5.09. The lowest BCUT2D eigenvalue weighted by Crippen LogP contribution is -2.54. The molecule has 4 aliphatic carbocycles. The summed E-state index contributed by atoms with van der Waals surface area (Å²) in [6.07, 6.45) is 17.3. The molecule has 10 atom stereocenters. The Bertz CT molecular complexity index is 630. The van der Waals surface area contributed by atoms with Crippen molar-refractivity contribution in [1.82, 2.24) is 0 Å². The van der Waals surface area contributed by atoms with E-state index in [1.165, 1.54) is 77.0 Å². The van der Waals surface area contributed by atoms with E-state index in [1.54, 1.807) is 0 Å². The van der Waals surface area contributed by atoms with E-state index in [4.69, 9.17) is 4.74 Å². The fourth-order valence-corrected chi connectivity index (χ4v) is 10.3. The summed E-state index contributed by atoms with van der Waals surface area (Å²) < 4.78 is 6.00. The molecule has 0 bridgehead atoms. The molecule has 0 spiro atoms. The predicted octanol–water partition coefficient (Wildman–Crippen LogP) is 8.12. The number of ether oxygens (including phenoxy) is 1. The Hall–Kier alpha value is -0.0800. The molecular formula is C31H56O2. The number of aliphatic hydroxyl groups excluding tert-OH is 1. The summed E-state index contributed by atoms with van der Waals surface area (Å²) in [5.74, 6) is 7.38. The van der Waals surface area contributed by atoms with Crippen molar-refractivity contribution in [1.29, 1.82) is 0 Å². The number of fused-ring (bicyclic) bond motifs is 5. The number of rotatable bonds is 9. The average molecular weight is 461 g/mol. The maximum absolute atomic E-state index is 9.18. The summed E-state index contributed by atoms with van der Waals surface area (Å²) in [5, 5.41) is 9.18. The van der Waals surface area contributed by atoms with Crippen molar-refractivity contribution >= 4 is 0 Å². The SMILES string of the molecule is CC[C@H](CC[C@@H](C)[C@H]1CC[C@H]2[C@@H]3CC[C@H]4C[C@@H](OCCO)CC[C@]4(C)[C@H]3CC[C@]12C)C(C)C. The molecular weight excluding hydrogens is 404 g/mol. The zero-order valence-corrected chi connectivity index (χ0v) is 23.0. The second-order valence-corrected chi connectivity index (χ2v) is 13.8. The summed E-state index contributed by atoms with van der Waals surface area (Å²) >= 11 is 0. The molecule has 0 aromatic heterocycles. The zero-order valence-electron chi connectivity index (χ0n) is 23.0. The van der Waals surface area contributed by atoms with E-state index in [9.17, 15) is 5.11 Å². The molecule has 2 heteroatoms. The second kappa shape index (κ2) is 10.5. The van der Waals surface area contributed by atoms with Crippen molar-refractivity contribution in [3.63, 3.8) is 0 Å². The number of aliphatic hydroxyl groups is 1. The molecule has 0 amide bonds. The first-order valence-corrected chi connectivity index (χ1v) is 15.0. The quantitative estimate of drug-likeness (QED) is 0.376. The molecule has 0 radical (unpaired) electrons. The Balaban J connectivity index is 1.41. The number of hydrogen-bond donors (Lipinski definition) is 1. The van der Waals surface area contributed by atoms with Crippen LogP contribution in [-0.4, -0.2) is 24.4 Å². The van der Waals surface area contributed by atoms with Gasteiger partial charge in [-0.2, -0.15) is 0 Å². The van der Waals surface area contributed by atoms with Crippen molar-refractivity contribution < 1.29 is 9.84 Å². The van der Waals surface area contributed by atoms with Gasteiger partial charge in [-0.3, -0.25) is 0 Å². The lowest BCUT2D eigenvalue weighted by atomic mass is 9.44. The maximum Gasteiger partial charge on any atom is 0.0701 e. The Kier molecular flexibility index (Phi) is 8.27. The molecule has 0 aromatic rings. The normalized spacial score (nSPS) is 44.7. The van der Waals surface area contributed by atoms with Gasteiger partial charge in [0.1, 0.15) is 0 Å². The van der Waals surface area contributed by atoms with Gasteiger partial charge in [-0.15, -0.1) is 0 Å². The fourth-order valence-electron chi connectivity index (χ4n) is 10.3. The van der Waals surface area contributed by atoms with Gasteiger partial charge in [0, 0.05) is 0 Å². The van der Waals surface area contributed by atoms with Gasteiger partial charge in [0.2, 0.25) is 0 Å². The van der Waals surface area contributed by atoms with Crippen molar-refractivity contribution in [2.75, 3.05) is 13.2 Å². The Morgan fingerprint density at radius 3 is 2.30 bits per heavy atom.